The van der Waals surface area contributed by atoms with Crippen LogP contribution in [0, 0.1) is 0 Å². The van der Waals surface area contributed by atoms with Gasteiger partial charge in [0, 0.05) is 0 Å². The third kappa shape index (κ3) is 3.63. The molecule has 1 aromatic carbocycles. The van der Waals surface area contributed by atoms with E-state index < -0.39 is 11.7 Å². The van der Waals surface area contributed by atoms with Crippen molar-refractivity contribution in [3.05, 3.63) is 23.8 Å². The quantitative estimate of drug-likeness (QED) is 0.631. The predicted molar refractivity (Wildman–Crippen MR) is 72.0 cm³/mol. The zero-order valence-corrected chi connectivity index (χ0v) is 12.0. The Morgan fingerprint density at radius 3 is 2.85 bits per heavy atom. The molecule has 1 heterocycles. The number of nitrogens with zero attached hydrogens (tertiary/aromatic N) is 1. The molecule has 0 saturated heterocycles. The van der Waals surface area contributed by atoms with Crippen LogP contribution in [0.1, 0.15) is 12.5 Å². The van der Waals surface area contributed by atoms with E-state index in [9.17, 15) is 18.0 Å². The minimum atomic E-state index is -4.38. The molecule has 0 radical (unpaired) electrons. The van der Waals surface area contributed by atoms with Crippen LogP contribution in [0.4, 0.5) is 13.2 Å². The molecule has 8 heteroatoms. The first-order chi connectivity index (χ1) is 9.40. The molecule has 2 rings (SSSR count). The summed E-state index contributed by atoms with van der Waals surface area (Å²) in [5.74, 6) is -0.271. The van der Waals surface area contributed by atoms with E-state index in [1.54, 1.807) is 6.92 Å². The summed E-state index contributed by atoms with van der Waals surface area (Å²) in [6.07, 6.45) is -4.38. The van der Waals surface area contributed by atoms with Gasteiger partial charge in [0.2, 0.25) is 0 Å². The van der Waals surface area contributed by atoms with Crippen molar-refractivity contribution in [2.24, 2.45) is 0 Å². The zero-order chi connectivity index (χ0) is 14.8. The molecule has 0 bridgehead atoms. The van der Waals surface area contributed by atoms with Crippen molar-refractivity contribution in [1.82, 2.24) is 4.98 Å². The zero-order valence-electron chi connectivity index (χ0n) is 10.4. The van der Waals surface area contributed by atoms with E-state index in [0.717, 1.165) is 23.9 Å². The van der Waals surface area contributed by atoms with Crippen LogP contribution in [0.5, 0.6) is 0 Å². The second-order valence-corrected chi connectivity index (χ2v) is 6.01. The largest absolute Gasteiger partial charge is 0.465 e. The second kappa shape index (κ2) is 6.01. The fourth-order valence-electron chi connectivity index (χ4n) is 1.47. The highest BCUT2D eigenvalue weighted by molar-refractivity contribution is 8.01. The lowest BCUT2D eigenvalue weighted by molar-refractivity contribution is -0.140. The van der Waals surface area contributed by atoms with Crippen molar-refractivity contribution in [2.45, 2.75) is 17.4 Å². The fourth-order valence-corrected chi connectivity index (χ4v) is 3.31. The van der Waals surface area contributed by atoms with Crippen LogP contribution >= 0.6 is 23.1 Å². The molecule has 0 fully saturated rings. The summed E-state index contributed by atoms with van der Waals surface area (Å²) in [6, 6.07) is 3.44. The number of hydrogen-bond acceptors (Lipinski definition) is 5. The number of fused-ring (bicyclic) bond motifs is 1. The van der Waals surface area contributed by atoms with Crippen molar-refractivity contribution in [3.63, 3.8) is 0 Å². The molecule has 0 spiro atoms. The van der Waals surface area contributed by atoms with Gasteiger partial charge >= 0.3 is 12.1 Å². The Balaban J connectivity index is 2.15. The molecule has 0 saturated carbocycles. The molecule has 0 atom stereocenters. The van der Waals surface area contributed by atoms with Crippen molar-refractivity contribution >= 4 is 39.3 Å². The van der Waals surface area contributed by atoms with Gasteiger partial charge in [-0.15, -0.1) is 11.3 Å². The van der Waals surface area contributed by atoms with Gasteiger partial charge in [-0.1, -0.05) is 11.8 Å². The predicted octanol–water partition coefficient (Wildman–Crippen LogP) is 3.97. The summed E-state index contributed by atoms with van der Waals surface area (Å²) in [5.41, 5.74) is -0.437. The number of thiazole rings is 1. The highest BCUT2D eigenvalue weighted by Crippen LogP contribution is 2.35. The number of hydrogen-bond donors (Lipinski definition) is 0. The van der Waals surface area contributed by atoms with E-state index in [1.807, 2.05) is 0 Å². The third-order valence-electron chi connectivity index (χ3n) is 2.31. The van der Waals surface area contributed by atoms with Crippen molar-refractivity contribution in [2.75, 3.05) is 12.4 Å². The lowest BCUT2D eigenvalue weighted by atomic mass is 10.2. The average molecular weight is 321 g/mol. The van der Waals surface area contributed by atoms with E-state index in [1.165, 1.54) is 17.4 Å². The summed E-state index contributed by atoms with van der Waals surface area (Å²) >= 11 is 2.41. The molecule has 3 nitrogen and oxygen atoms in total. The monoisotopic (exact) mass is 321 g/mol. The van der Waals surface area contributed by atoms with E-state index in [0.29, 0.717) is 15.6 Å². The van der Waals surface area contributed by atoms with Gasteiger partial charge in [0.05, 0.1) is 28.1 Å². The van der Waals surface area contributed by atoms with E-state index in [-0.39, 0.29) is 17.2 Å². The lowest BCUT2D eigenvalue weighted by Gasteiger charge is -2.04. The lowest BCUT2D eigenvalue weighted by Crippen LogP contribution is -2.06. The maximum atomic E-state index is 12.6. The second-order valence-electron chi connectivity index (χ2n) is 3.75. The Labute approximate surface area is 121 Å². The fraction of sp³-hybridized carbons (Fsp3) is 0.333. The summed E-state index contributed by atoms with van der Waals surface area (Å²) in [4.78, 5) is 15.3. The van der Waals surface area contributed by atoms with Crippen LogP contribution in [0.15, 0.2) is 22.5 Å². The van der Waals surface area contributed by atoms with Crippen molar-refractivity contribution in [1.29, 1.82) is 0 Å². The molecule has 0 aliphatic heterocycles. The molecule has 0 N–H and O–H groups in total. The number of esters is 1. The van der Waals surface area contributed by atoms with Crippen LogP contribution in [-0.2, 0) is 15.7 Å². The van der Waals surface area contributed by atoms with Gasteiger partial charge in [0.15, 0.2) is 4.34 Å². The normalized spacial score (nSPS) is 11.8. The Hall–Kier alpha value is -1.28. The summed E-state index contributed by atoms with van der Waals surface area (Å²) in [5, 5.41) is 0. The van der Waals surface area contributed by atoms with Gasteiger partial charge in [-0.2, -0.15) is 13.2 Å². The summed E-state index contributed by atoms with van der Waals surface area (Å²) < 4.78 is 43.7. The van der Waals surface area contributed by atoms with Crippen LogP contribution in [0.25, 0.3) is 10.2 Å². The molecule has 0 aliphatic carbocycles. The third-order valence-corrected chi connectivity index (χ3v) is 4.47. The number of carbonyl (C=O) groups excluding carboxylic acids is 1. The number of alkyl halides is 3. The number of thioether (sulfide) groups is 1. The Morgan fingerprint density at radius 2 is 2.20 bits per heavy atom. The summed E-state index contributed by atoms with van der Waals surface area (Å²) in [7, 11) is 0. The Bertz CT molecular complexity index is 625. The molecular formula is C12H10F3NO2S2. The molecule has 0 unspecified atom stereocenters. The smallest absolute Gasteiger partial charge is 0.416 e. The first-order valence-electron chi connectivity index (χ1n) is 5.66. The standard InChI is InChI=1S/C12H10F3NO2S2/c1-2-18-10(17)6-19-11-16-8-5-7(12(13,14)15)3-4-9(8)20-11/h3-5H,2,6H2,1H3. The molecule has 0 aliphatic rings. The highest BCUT2D eigenvalue weighted by atomic mass is 32.2. The first kappa shape index (κ1) is 15.1. The first-order valence-corrected chi connectivity index (χ1v) is 7.46. The molecule has 1 aromatic heterocycles. The van der Waals surface area contributed by atoms with Crippen LogP contribution in [0.3, 0.4) is 0 Å². The van der Waals surface area contributed by atoms with Crippen molar-refractivity contribution in [3.8, 4) is 0 Å². The summed E-state index contributed by atoms with van der Waals surface area (Å²) in [6.45, 7) is 2.01. The van der Waals surface area contributed by atoms with Crippen LogP contribution in [-0.4, -0.2) is 23.3 Å². The molecular weight excluding hydrogens is 311 g/mol. The van der Waals surface area contributed by atoms with Gasteiger partial charge in [-0.3, -0.25) is 4.79 Å². The van der Waals surface area contributed by atoms with Gasteiger partial charge in [-0.05, 0) is 25.1 Å². The minimum Gasteiger partial charge on any atom is -0.465 e. The molecule has 108 valence electrons. The molecule has 20 heavy (non-hydrogen) atoms. The maximum absolute atomic E-state index is 12.6. The minimum absolute atomic E-state index is 0.0970. The highest BCUT2D eigenvalue weighted by Gasteiger charge is 2.30. The maximum Gasteiger partial charge on any atom is 0.416 e. The van der Waals surface area contributed by atoms with E-state index in [2.05, 4.69) is 4.98 Å². The number of benzene rings is 1. The molecule has 0 amide bonds. The van der Waals surface area contributed by atoms with Crippen LogP contribution < -0.4 is 0 Å². The SMILES string of the molecule is CCOC(=O)CSc1nc2cc(C(F)(F)F)ccc2s1. The topological polar surface area (TPSA) is 39.2 Å². The number of aromatic nitrogens is 1. The van der Waals surface area contributed by atoms with E-state index in [4.69, 9.17) is 4.74 Å². The Morgan fingerprint density at radius 1 is 1.45 bits per heavy atom. The van der Waals surface area contributed by atoms with Gasteiger partial charge in [-0.25, -0.2) is 4.98 Å². The van der Waals surface area contributed by atoms with Gasteiger partial charge in [0.1, 0.15) is 0 Å². The van der Waals surface area contributed by atoms with Gasteiger partial charge in [0.25, 0.3) is 0 Å². The molecule has 2 aromatic rings. The van der Waals surface area contributed by atoms with Crippen molar-refractivity contribution < 1.29 is 22.7 Å². The van der Waals surface area contributed by atoms with E-state index >= 15 is 0 Å². The number of ether oxygens (including phenoxy) is 1. The number of carbonyl (C=O) groups is 1. The number of halogens is 3. The average Bonchev–Trinajstić information content (AvgIpc) is 2.77. The van der Waals surface area contributed by atoms with Gasteiger partial charge < -0.3 is 4.74 Å². The van der Waals surface area contributed by atoms with Crippen LogP contribution in [0.2, 0.25) is 0 Å². The number of rotatable bonds is 4. The Kier molecular flexibility index (Phi) is 4.54.